The van der Waals surface area contributed by atoms with Gasteiger partial charge >= 0.3 is 0 Å². The quantitative estimate of drug-likeness (QED) is 0.610. The summed E-state index contributed by atoms with van der Waals surface area (Å²) in [5.41, 5.74) is 0.437. The summed E-state index contributed by atoms with van der Waals surface area (Å²) in [6, 6.07) is 3.22. The average Bonchev–Trinajstić information content (AvgIpc) is 3.21. The fourth-order valence-corrected chi connectivity index (χ4v) is 3.05. The second kappa shape index (κ2) is 7.26. The fraction of sp³-hybridized carbons (Fsp3) is 0.579. The lowest BCUT2D eigenvalue weighted by molar-refractivity contribution is 0.279. The van der Waals surface area contributed by atoms with Crippen molar-refractivity contribution >= 4 is 0 Å². The topological polar surface area (TPSA) is 9.23 Å². The summed E-state index contributed by atoms with van der Waals surface area (Å²) in [7, 11) is 0. The number of aryl methyl sites for hydroxylation is 1. The first kappa shape index (κ1) is 15.5. The number of ether oxygens (including phenoxy) is 1. The van der Waals surface area contributed by atoms with E-state index in [2.05, 4.69) is 12.2 Å². The molecule has 1 aromatic carbocycles. The first-order valence-electron chi connectivity index (χ1n) is 8.50. The number of allylic oxidation sites excluding steroid dienone is 2. The molecule has 0 unspecified atom stereocenters. The number of benzene rings is 1. The molecule has 0 spiro atoms. The third-order valence-electron chi connectivity index (χ3n) is 4.69. The van der Waals surface area contributed by atoms with E-state index in [9.17, 15) is 8.78 Å². The van der Waals surface area contributed by atoms with Crippen LogP contribution in [-0.4, -0.2) is 6.61 Å². The second-order valence-corrected chi connectivity index (χ2v) is 6.62. The van der Waals surface area contributed by atoms with E-state index in [1.54, 1.807) is 12.1 Å². The van der Waals surface area contributed by atoms with Gasteiger partial charge in [-0.05, 0) is 62.0 Å². The van der Waals surface area contributed by atoms with E-state index < -0.39 is 11.6 Å². The van der Waals surface area contributed by atoms with E-state index in [1.165, 1.54) is 25.7 Å². The standard InChI is InChI=1S/C19H24F2O/c20-18-16(8-4-3-7-14-5-1-2-6-14)11-12-17(19(18)21)22-13-15-9-10-15/h3,7,11-12,14-15H,1-2,4-6,8-10,13H2/b7-3+. The van der Waals surface area contributed by atoms with Gasteiger partial charge in [0.2, 0.25) is 5.82 Å². The summed E-state index contributed by atoms with van der Waals surface area (Å²) in [6.07, 6.45) is 13.1. The minimum absolute atomic E-state index is 0.0506. The van der Waals surface area contributed by atoms with Crippen LogP contribution < -0.4 is 4.74 Å². The number of halogens is 2. The largest absolute Gasteiger partial charge is 0.490 e. The van der Waals surface area contributed by atoms with Gasteiger partial charge in [0.05, 0.1) is 6.61 Å². The Labute approximate surface area is 131 Å². The molecule has 1 nitrogen and oxygen atoms in total. The summed E-state index contributed by atoms with van der Waals surface area (Å²) < 4.78 is 33.4. The average molecular weight is 306 g/mol. The van der Waals surface area contributed by atoms with Gasteiger partial charge in [-0.15, -0.1) is 0 Å². The van der Waals surface area contributed by atoms with Crippen LogP contribution in [0.5, 0.6) is 5.75 Å². The number of rotatable bonds is 7. The molecule has 3 rings (SSSR count). The van der Waals surface area contributed by atoms with E-state index in [-0.39, 0.29) is 5.75 Å². The molecule has 0 bridgehead atoms. The van der Waals surface area contributed by atoms with Gasteiger partial charge in [-0.1, -0.05) is 31.1 Å². The molecule has 120 valence electrons. The Morgan fingerprint density at radius 1 is 1.05 bits per heavy atom. The first-order chi connectivity index (χ1) is 10.7. The summed E-state index contributed by atoms with van der Waals surface area (Å²) in [6.45, 7) is 0.500. The van der Waals surface area contributed by atoms with Crippen molar-refractivity contribution < 1.29 is 13.5 Å². The Kier molecular flexibility index (Phi) is 5.12. The van der Waals surface area contributed by atoms with Gasteiger partial charge in [-0.2, -0.15) is 4.39 Å². The smallest absolute Gasteiger partial charge is 0.200 e. The van der Waals surface area contributed by atoms with Crippen LogP contribution in [-0.2, 0) is 6.42 Å². The molecular formula is C19H24F2O. The Morgan fingerprint density at radius 2 is 1.82 bits per heavy atom. The lowest BCUT2D eigenvalue weighted by Crippen LogP contribution is -2.04. The molecule has 3 heteroatoms. The van der Waals surface area contributed by atoms with Crippen molar-refractivity contribution in [3.8, 4) is 5.75 Å². The van der Waals surface area contributed by atoms with E-state index in [4.69, 9.17) is 4.74 Å². The highest BCUT2D eigenvalue weighted by atomic mass is 19.2. The zero-order valence-electron chi connectivity index (χ0n) is 13.0. The zero-order valence-corrected chi connectivity index (χ0v) is 13.0. The lowest BCUT2D eigenvalue weighted by atomic mass is 10.0. The van der Waals surface area contributed by atoms with Crippen LogP contribution in [0.15, 0.2) is 24.3 Å². The van der Waals surface area contributed by atoms with Crippen molar-refractivity contribution in [1.82, 2.24) is 0 Å². The van der Waals surface area contributed by atoms with Crippen molar-refractivity contribution in [2.45, 2.75) is 51.4 Å². The van der Waals surface area contributed by atoms with Gasteiger partial charge in [0.15, 0.2) is 11.6 Å². The predicted octanol–water partition coefficient (Wildman–Crippen LogP) is 5.43. The Morgan fingerprint density at radius 3 is 2.55 bits per heavy atom. The Balaban J connectivity index is 1.52. The predicted molar refractivity (Wildman–Crippen MR) is 84.0 cm³/mol. The highest BCUT2D eigenvalue weighted by Crippen LogP contribution is 2.31. The van der Waals surface area contributed by atoms with E-state index >= 15 is 0 Å². The normalized spacial score (nSPS) is 19.2. The van der Waals surface area contributed by atoms with Crippen LogP contribution >= 0.6 is 0 Å². The van der Waals surface area contributed by atoms with Gasteiger partial charge in [0.25, 0.3) is 0 Å². The maximum Gasteiger partial charge on any atom is 0.200 e. The third kappa shape index (κ3) is 4.08. The van der Waals surface area contributed by atoms with Crippen LogP contribution in [0.1, 0.15) is 50.5 Å². The lowest BCUT2D eigenvalue weighted by Gasteiger charge is -2.09. The monoisotopic (exact) mass is 306 g/mol. The van der Waals surface area contributed by atoms with E-state index in [0.29, 0.717) is 30.4 Å². The molecule has 0 heterocycles. The van der Waals surface area contributed by atoms with Gasteiger partial charge in [0, 0.05) is 0 Å². The highest BCUT2D eigenvalue weighted by Gasteiger charge is 2.23. The molecule has 0 aromatic heterocycles. The van der Waals surface area contributed by atoms with Gasteiger partial charge in [0.1, 0.15) is 0 Å². The maximum atomic E-state index is 14.1. The summed E-state index contributed by atoms with van der Waals surface area (Å²) in [4.78, 5) is 0. The van der Waals surface area contributed by atoms with Gasteiger partial charge < -0.3 is 4.74 Å². The zero-order chi connectivity index (χ0) is 15.4. The number of hydrogen-bond donors (Lipinski definition) is 0. The van der Waals surface area contributed by atoms with Gasteiger partial charge in [-0.3, -0.25) is 0 Å². The summed E-state index contributed by atoms with van der Waals surface area (Å²) >= 11 is 0. The molecule has 0 aliphatic heterocycles. The number of hydrogen-bond acceptors (Lipinski definition) is 1. The van der Waals surface area contributed by atoms with Gasteiger partial charge in [-0.25, -0.2) is 4.39 Å². The van der Waals surface area contributed by atoms with E-state index in [0.717, 1.165) is 19.3 Å². The molecule has 0 N–H and O–H groups in total. The second-order valence-electron chi connectivity index (χ2n) is 6.62. The molecular weight excluding hydrogens is 282 g/mol. The summed E-state index contributed by atoms with van der Waals surface area (Å²) in [5, 5.41) is 0. The van der Waals surface area contributed by atoms with Crippen molar-refractivity contribution in [2.75, 3.05) is 6.61 Å². The summed E-state index contributed by atoms with van der Waals surface area (Å²) in [5.74, 6) is -0.308. The van der Waals surface area contributed by atoms with Crippen LogP contribution in [0.2, 0.25) is 0 Å². The van der Waals surface area contributed by atoms with Crippen LogP contribution in [0.25, 0.3) is 0 Å². The minimum Gasteiger partial charge on any atom is -0.490 e. The molecule has 2 aliphatic rings. The molecule has 0 saturated heterocycles. The molecule has 0 atom stereocenters. The Bertz CT molecular complexity index is 528. The van der Waals surface area contributed by atoms with Crippen LogP contribution in [0.4, 0.5) is 8.78 Å². The maximum absolute atomic E-state index is 14.1. The molecule has 2 saturated carbocycles. The van der Waals surface area contributed by atoms with Crippen molar-refractivity contribution in [1.29, 1.82) is 0 Å². The minimum atomic E-state index is -0.835. The molecule has 22 heavy (non-hydrogen) atoms. The van der Waals surface area contributed by atoms with Crippen LogP contribution in [0, 0.1) is 23.5 Å². The van der Waals surface area contributed by atoms with Crippen LogP contribution in [0.3, 0.4) is 0 Å². The molecule has 2 aliphatic carbocycles. The van der Waals surface area contributed by atoms with Crippen molar-refractivity contribution in [2.24, 2.45) is 11.8 Å². The first-order valence-corrected chi connectivity index (χ1v) is 8.50. The highest BCUT2D eigenvalue weighted by molar-refractivity contribution is 5.31. The SMILES string of the molecule is Fc1c(CC/C=C/C2CCCC2)ccc(OCC2CC2)c1F. The molecule has 2 fully saturated rings. The fourth-order valence-electron chi connectivity index (χ4n) is 3.05. The third-order valence-corrected chi connectivity index (χ3v) is 4.69. The Hall–Kier alpha value is -1.38. The van der Waals surface area contributed by atoms with E-state index in [1.807, 2.05) is 0 Å². The van der Waals surface area contributed by atoms with Crippen molar-refractivity contribution in [3.63, 3.8) is 0 Å². The molecule has 1 aromatic rings. The molecule has 0 amide bonds. The van der Waals surface area contributed by atoms with Crippen molar-refractivity contribution in [3.05, 3.63) is 41.5 Å². The molecule has 0 radical (unpaired) electrons.